The second kappa shape index (κ2) is 6.37. The lowest BCUT2D eigenvalue weighted by molar-refractivity contribution is 0.121. The number of aliphatic hydroxyl groups excluding tert-OH is 1. The zero-order chi connectivity index (χ0) is 13.8. The Morgan fingerprint density at radius 3 is 2.47 bits per heavy atom. The Balaban J connectivity index is 2.02. The van der Waals surface area contributed by atoms with Gasteiger partial charge in [0.1, 0.15) is 0 Å². The number of aliphatic hydroxyl groups is 1. The van der Waals surface area contributed by atoms with Gasteiger partial charge >= 0.3 is 0 Å². The summed E-state index contributed by atoms with van der Waals surface area (Å²) in [5.41, 5.74) is 9.74. The van der Waals surface area contributed by atoms with Crippen molar-refractivity contribution in [2.75, 3.05) is 44.2 Å². The molecule has 1 heterocycles. The lowest BCUT2D eigenvalue weighted by atomic mass is 10.1. The van der Waals surface area contributed by atoms with Gasteiger partial charge in [-0.3, -0.25) is 4.90 Å². The van der Waals surface area contributed by atoms with Gasteiger partial charge in [0, 0.05) is 44.5 Å². The topological polar surface area (TPSA) is 52.7 Å². The number of aryl methyl sites for hydroxylation is 1. The average molecular weight is 263 g/mol. The van der Waals surface area contributed by atoms with E-state index in [0.29, 0.717) is 6.54 Å². The Morgan fingerprint density at radius 2 is 1.89 bits per heavy atom. The summed E-state index contributed by atoms with van der Waals surface area (Å²) in [4.78, 5) is 4.73. The molecule has 0 radical (unpaired) electrons. The Hall–Kier alpha value is -1.10. The summed E-state index contributed by atoms with van der Waals surface area (Å²) in [6.45, 7) is 8.96. The van der Waals surface area contributed by atoms with Crippen molar-refractivity contribution in [1.29, 1.82) is 0 Å². The Labute approximate surface area is 115 Å². The van der Waals surface area contributed by atoms with Crippen molar-refractivity contribution in [3.63, 3.8) is 0 Å². The zero-order valence-electron chi connectivity index (χ0n) is 12.0. The van der Waals surface area contributed by atoms with E-state index in [1.54, 1.807) is 0 Å². The number of benzene rings is 1. The molecule has 1 unspecified atom stereocenters. The first kappa shape index (κ1) is 14.3. The van der Waals surface area contributed by atoms with E-state index in [9.17, 15) is 5.11 Å². The van der Waals surface area contributed by atoms with Crippen LogP contribution in [0.5, 0.6) is 0 Å². The highest BCUT2D eigenvalue weighted by atomic mass is 16.3. The molecular weight excluding hydrogens is 238 g/mol. The first-order chi connectivity index (χ1) is 9.17. The molecule has 106 valence electrons. The van der Waals surface area contributed by atoms with Gasteiger partial charge in [-0.05, 0) is 31.0 Å². The second-order valence-corrected chi connectivity index (χ2v) is 5.31. The molecule has 2 rings (SSSR count). The number of hydrogen-bond acceptors (Lipinski definition) is 4. The van der Waals surface area contributed by atoms with Gasteiger partial charge in [-0.15, -0.1) is 0 Å². The summed E-state index contributed by atoms with van der Waals surface area (Å²) in [5, 5.41) is 9.31. The van der Waals surface area contributed by atoms with Crippen molar-refractivity contribution in [2.45, 2.75) is 19.9 Å². The molecule has 19 heavy (non-hydrogen) atoms. The lowest BCUT2D eigenvalue weighted by Gasteiger charge is -2.40. The van der Waals surface area contributed by atoms with Crippen molar-refractivity contribution in [2.24, 2.45) is 5.73 Å². The molecule has 4 heteroatoms. The minimum Gasteiger partial charge on any atom is -0.395 e. The number of nitrogens with zero attached hydrogens (tertiary/aromatic N) is 2. The molecule has 3 N–H and O–H groups in total. The van der Waals surface area contributed by atoms with Gasteiger partial charge in [0.25, 0.3) is 0 Å². The van der Waals surface area contributed by atoms with E-state index in [2.05, 4.69) is 41.8 Å². The third-order valence-electron chi connectivity index (χ3n) is 4.23. The molecule has 4 nitrogen and oxygen atoms in total. The Kier molecular flexibility index (Phi) is 4.80. The summed E-state index contributed by atoms with van der Waals surface area (Å²) in [7, 11) is 0. The SMILES string of the molecule is Cc1cccc(N2CCN(C(CN)CO)CC2)c1C. The van der Waals surface area contributed by atoms with E-state index in [1.807, 2.05) is 0 Å². The summed E-state index contributed by atoms with van der Waals surface area (Å²) >= 11 is 0. The molecule has 0 saturated carbocycles. The van der Waals surface area contributed by atoms with Gasteiger partial charge in [0.2, 0.25) is 0 Å². The number of nitrogens with two attached hydrogens (primary N) is 1. The quantitative estimate of drug-likeness (QED) is 0.841. The highest BCUT2D eigenvalue weighted by Crippen LogP contribution is 2.24. The molecule has 0 amide bonds. The van der Waals surface area contributed by atoms with E-state index in [1.165, 1.54) is 16.8 Å². The minimum atomic E-state index is 0.112. The third-order valence-corrected chi connectivity index (χ3v) is 4.23. The Bertz CT molecular complexity index is 410. The van der Waals surface area contributed by atoms with E-state index in [-0.39, 0.29) is 12.6 Å². The fourth-order valence-corrected chi connectivity index (χ4v) is 2.75. The maximum Gasteiger partial charge on any atom is 0.0599 e. The highest BCUT2D eigenvalue weighted by molar-refractivity contribution is 5.56. The molecule has 0 spiro atoms. The number of rotatable bonds is 4. The van der Waals surface area contributed by atoms with Gasteiger partial charge in [-0.2, -0.15) is 0 Å². The summed E-state index contributed by atoms with van der Waals surface area (Å²) in [6, 6.07) is 6.59. The predicted octanol–water partition coefficient (Wildman–Crippen LogP) is 0.745. The summed E-state index contributed by atoms with van der Waals surface area (Å²) in [6.07, 6.45) is 0. The van der Waals surface area contributed by atoms with E-state index in [4.69, 9.17) is 5.73 Å². The van der Waals surface area contributed by atoms with E-state index in [0.717, 1.165) is 26.2 Å². The molecule has 1 fully saturated rings. The first-order valence-electron chi connectivity index (χ1n) is 7.03. The van der Waals surface area contributed by atoms with Crippen LogP contribution in [0.15, 0.2) is 18.2 Å². The maximum absolute atomic E-state index is 9.31. The van der Waals surface area contributed by atoms with Crippen LogP contribution >= 0.6 is 0 Å². The van der Waals surface area contributed by atoms with Crippen LogP contribution in [0, 0.1) is 13.8 Å². The normalized spacial score (nSPS) is 18.6. The standard InChI is InChI=1S/C15H25N3O/c1-12-4-3-5-15(13(12)2)18-8-6-17(7-9-18)14(10-16)11-19/h3-5,14,19H,6-11,16H2,1-2H3. The predicted molar refractivity (Wildman–Crippen MR) is 79.6 cm³/mol. The molecule has 0 bridgehead atoms. The molecule has 1 aromatic rings. The fourth-order valence-electron chi connectivity index (χ4n) is 2.75. The summed E-state index contributed by atoms with van der Waals surface area (Å²) in [5.74, 6) is 0. The lowest BCUT2D eigenvalue weighted by Crippen LogP contribution is -2.53. The van der Waals surface area contributed by atoms with Gasteiger partial charge in [0.05, 0.1) is 6.61 Å². The fraction of sp³-hybridized carbons (Fsp3) is 0.600. The molecular formula is C15H25N3O. The van der Waals surface area contributed by atoms with Gasteiger partial charge in [0.15, 0.2) is 0 Å². The van der Waals surface area contributed by atoms with Crippen molar-refractivity contribution in [3.05, 3.63) is 29.3 Å². The minimum absolute atomic E-state index is 0.112. The molecule has 1 aliphatic heterocycles. The van der Waals surface area contributed by atoms with Crippen LogP contribution in [0.3, 0.4) is 0 Å². The number of anilines is 1. The summed E-state index contributed by atoms with van der Waals surface area (Å²) < 4.78 is 0. The van der Waals surface area contributed by atoms with Crippen LogP contribution in [-0.4, -0.2) is 55.4 Å². The third kappa shape index (κ3) is 3.08. The van der Waals surface area contributed by atoms with Crippen LogP contribution in [0.25, 0.3) is 0 Å². The van der Waals surface area contributed by atoms with E-state index >= 15 is 0 Å². The molecule has 1 aliphatic rings. The number of piperazine rings is 1. The van der Waals surface area contributed by atoms with Gasteiger partial charge in [-0.1, -0.05) is 12.1 Å². The van der Waals surface area contributed by atoms with Crippen LogP contribution < -0.4 is 10.6 Å². The number of hydrogen-bond donors (Lipinski definition) is 2. The second-order valence-electron chi connectivity index (χ2n) is 5.31. The molecule has 1 atom stereocenters. The largest absolute Gasteiger partial charge is 0.395 e. The van der Waals surface area contributed by atoms with Gasteiger partial charge in [-0.25, -0.2) is 0 Å². The molecule has 1 saturated heterocycles. The zero-order valence-corrected chi connectivity index (χ0v) is 12.0. The maximum atomic E-state index is 9.31. The van der Waals surface area contributed by atoms with Crippen LogP contribution in [0.1, 0.15) is 11.1 Å². The molecule has 1 aromatic carbocycles. The van der Waals surface area contributed by atoms with Crippen LogP contribution in [0.2, 0.25) is 0 Å². The smallest absolute Gasteiger partial charge is 0.0599 e. The van der Waals surface area contributed by atoms with Crippen molar-refractivity contribution in [3.8, 4) is 0 Å². The highest BCUT2D eigenvalue weighted by Gasteiger charge is 2.23. The first-order valence-corrected chi connectivity index (χ1v) is 7.03. The average Bonchev–Trinajstić information content (AvgIpc) is 2.44. The van der Waals surface area contributed by atoms with Crippen LogP contribution in [-0.2, 0) is 0 Å². The van der Waals surface area contributed by atoms with Crippen molar-refractivity contribution in [1.82, 2.24) is 4.90 Å². The van der Waals surface area contributed by atoms with Crippen molar-refractivity contribution < 1.29 is 5.11 Å². The van der Waals surface area contributed by atoms with E-state index < -0.39 is 0 Å². The molecule has 0 aromatic heterocycles. The Morgan fingerprint density at radius 1 is 1.21 bits per heavy atom. The monoisotopic (exact) mass is 263 g/mol. The van der Waals surface area contributed by atoms with Crippen LogP contribution in [0.4, 0.5) is 5.69 Å². The molecule has 0 aliphatic carbocycles. The van der Waals surface area contributed by atoms with Crippen molar-refractivity contribution >= 4 is 5.69 Å². The van der Waals surface area contributed by atoms with Gasteiger partial charge < -0.3 is 15.7 Å².